The van der Waals surface area contributed by atoms with Gasteiger partial charge in [0.2, 0.25) is 0 Å². The van der Waals surface area contributed by atoms with Gasteiger partial charge < -0.3 is 10.0 Å². The average molecular weight is 269 g/mol. The Morgan fingerprint density at radius 3 is 2.61 bits per heavy atom. The Labute approximate surface area is 111 Å². The minimum atomic E-state index is -0.713. The minimum absolute atomic E-state index is 0.241. The molecule has 0 radical (unpaired) electrons. The summed E-state index contributed by atoms with van der Waals surface area (Å²) >= 11 is 1.69. The van der Waals surface area contributed by atoms with Crippen LogP contribution in [-0.4, -0.2) is 58.6 Å². The lowest BCUT2D eigenvalue weighted by molar-refractivity contribution is -0.137. The molecule has 2 rings (SSSR count). The molecule has 0 unspecified atom stereocenters. The molecule has 0 aliphatic carbocycles. The summed E-state index contributed by atoms with van der Waals surface area (Å²) in [5.41, 5.74) is 1.15. The molecular weight excluding hydrogens is 250 g/mol. The molecule has 1 fully saturated rings. The van der Waals surface area contributed by atoms with E-state index in [0.717, 1.165) is 43.4 Å². The van der Waals surface area contributed by atoms with Gasteiger partial charge in [-0.25, -0.2) is 4.98 Å². The number of carboxylic acids is 1. The van der Waals surface area contributed by atoms with Crippen molar-refractivity contribution in [2.75, 3.05) is 32.7 Å². The van der Waals surface area contributed by atoms with E-state index in [0.29, 0.717) is 6.54 Å². The number of aromatic nitrogens is 1. The molecule has 5 nitrogen and oxygen atoms in total. The first-order valence-corrected chi connectivity index (χ1v) is 7.09. The van der Waals surface area contributed by atoms with Gasteiger partial charge in [0.1, 0.15) is 0 Å². The Bertz CT molecular complexity index is 400. The van der Waals surface area contributed by atoms with E-state index >= 15 is 0 Å². The first-order valence-electron chi connectivity index (χ1n) is 6.21. The largest absolute Gasteiger partial charge is 0.481 e. The van der Waals surface area contributed by atoms with E-state index in [1.807, 2.05) is 6.92 Å². The van der Waals surface area contributed by atoms with Crippen molar-refractivity contribution in [3.8, 4) is 0 Å². The van der Waals surface area contributed by atoms with Crippen LogP contribution >= 0.6 is 11.3 Å². The van der Waals surface area contributed by atoms with Gasteiger partial charge in [0.25, 0.3) is 0 Å². The highest BCUT2D eigenvalue weighted by Gasteiger charge is 2.17. The summed E-state index contributed by atoms with van der Waals surface area (Å²) in [6.07, 6.45) is 0.241. The molecule has 1 aromatic heterocycles. The molecule has 1 aromatic rings. The fourth-order valence-electron chi connectivity index (χ4n) is 2.13. The number of hydrogen-bond acceptors (Lipinski definition) is 5. The molecule has 0 bridgehead atoms. The van der Waals surface area contributed by atoms with Crippen molar-refractivity contribution < 1.29 is 9.90 Å². The zero-order valence-corrected chi connectivity index (χ0v) is 11.4. The zero-order valence-electron chi connectivity index (χ0n) is 10.6. The molecule has 2 heterocycles. The summed E-state index contributed by atoms with van der Waals surface area (Å²) in [6.45, 7) is 7.51. The zero-order chi connectivity index (χ0) is 13.0. The van der Waals surface area contributed by atoms with Gasteiger partial charge in [-0.15, -0.1) is 11.3 Å². The van der Waals surface area contributed by atoms with Gasteiger partial charge in [-0.05, 0) is 6.92 Å². The van der Waals surface area contributed by atoms with E-state index in [1.165, 1.54) is 0 Å². The van der Waals surface area contributed by atoms with Crippen molar-refractivity contribution in [3.05, 3.63) is 16.1 Å². The third-order valence-corrected chi connectivity index (χ3v) is 3.98. The SMILES string of the molecule is Cc1nc(CN2CCN(CCC(=O)O)CC2)cs1. The van der Waals surface area contributed by atoms with Crippen molar-refractivity contribution >= 4 is 17.3 Å². The van der Waals surface area contributed by atoms with Gasteiger partial charge in [0, 0.05) is 44.6 Å². The quantitative estimate of drug-likeness (QED) is 0.865. The maximum Gasteiger partial charge on any atom is 0.304 e. The summed E-state index contributed by atoms with van der Waals surface area (Å²) in [7, 11) is 0. The first kappa shape index (κ1) is 13.5. The van der Waals surface area contributed by atoms with Crippen LogP contribution < -0.4 is 0 Å². The van der Waals surface area contributed by atoms with E-state index in [9.17, 15) is 4.79 Å². The molecule has 0 amide bonds. The van der Waals surface area contributed by atoms with Gasteiger partial charge in [0.15, 0.2) is 0 Å². The summed E-state index contributed by atoms with van der Waals surface area (Å²) in [4.78, 5) is 19.6. The predicted octanol–water partition coefficient (Wildman–Crippen LogP) is 1.04. The van der Waals surface area contributed by atoms with Gasteiger partial charge in [0.05, 0.1) is 17.1 Å². The number of rotatable bonds is 5. The van der Waals surface area contributed by atoms with Crippen LogP contribution in [0.3, 0.4) is 0 Å². The Hall–Kier alpha value is -0.980. The van der Waals surface area contributed by atoms with E-state index in [4.69, 9.17) is 5.11 Å². The molecule has 1 saturated heterocycles. The Morgan fingerprint density at radius 1 is 1.39 bits per heavy atom. The van der Waals surface area contributed by atoms with E-state index in [-0.39, 0.29) is 6.42 Å². The Balaban J connectivity index is 1.71. The lowest BCUT2D eigenvalue weighted by atomic mass is 10.2. The maximum atomic E-state index is 10.5. The maximum absolute atomic E-state index is 10.5. The third-order valence-electron chi connectivity index (χ3n) is 3.16. The third kappa shape index (κ3) is 4.04. The normalized spacial score (nSPS) is 18.1. The molecule has 18 heavy (non-hydrogen) atoms. The van der Waals surface area contributed by atoms with E-state index in [2.05, 4.69) is 20.2 Å². The van der Waals surface area contributed by atoms with Gasteiger partial charge in [-0.1, -0.05) is 0 Å². The predicted molar refractivity (Wildman–Crippen MR) is 70.8 cm³/mol. The summed E-state index contributed by atoms with van der Waals surface area (Å²) < 4.78 is 0. The lowest BCUT2D eigenvalue weighted by Gasteiger charge is -2.34. The van der Waals surface area contributed by atoms with Crippen LogP contribution in [0, 0.1) is 6.92 Å². The van der Waals surface area contributed by atoms with Crippen LogP contribution in [0.2, 0.25) is 0 Å². The molecule has 0 spiro atoms. The summed E-state index contributed by atoms with van der Waals surface area (Å²) in [5.74, 6) is -0.713. The number of aryl methyl sites for hydroxylation is 1. The number of piperazine rings is 1. The van der Waals surface area contributed by atoms with Crippen LogP contribution in [0.5, 0.6) is 0 Å². The molecule has 0 aromatic carbocycles. The van der Waals surface area contributed by atoms with Crippen LogP contribution in [0.15, 0.2) is 5.38 Å². The first-order chi connectivity index (χ1) is 8.63. The Kier molecular flexibility index (Phi) is 4.68. The summed E-state index contributed by atoms with van der Waals surface area (Å²) in [5, 5.41) is 11.9. The molecule has 1 aliphatic heterocycles. The number of thiazole rings is 1. The smallest absolute Gasteiger partial charge is 0.304 e. The van der Waals surface area contributed by atoms with Gasteiger partial charge >= 0.3 is 5.97 Å². The van der Waals surface area contributed by atoms with Crippen LogP contribution in [-0.2, 0) is 11.3 Å². The Morgan fingerprint density at radius 2 is 2.06 bits per heavy atom. The minimum Gasteiger partial charge on any atom is -0.481 e. The summed E-state index contributed by atoms with van der Waals surface area (Å²) in [6, 6.07) is 0. The second-order valence-electron chi connectivity index (χ2n) is 4.62. The molecule has 6 heteroatoms. The number of aliphatic carboxylic acids is 1. The number of carbonyl (C=O) groups is 1. The molecule has 1 aliphatic rings. The van der Waals surface area contributed by atoms with Crippen molar-refractivity contribution in [2.45, 2.75) is 19.9 Å². The number of carboxylic acid groups (broad SMARTS) is 1. The topological polar surface area (TPSA) is 56.7 Å². The van der Waals surface area contributed by atoms with Crippen LogP contribution in [0.4, 0.5) is 0 Å². The van der Waals surface area contributed by atoms with Crippen molar-refractivity contribution in [3.63, 3.8) is 0 Å². The van der Waals surface area contributed by atoms with Gasteiger partial charge in [-0.3, -0.25) is 9.69 Å². The molecule has 100 valence electrons. The molecule has 1 N–H and O–H groups in total. The molecular formula is C12H19N3O2S. The fraction of sp³-hybridized carbons (Fsp3) is 0.667. The molecule has 0 saturated carbocycles. The highest BCUT2D eigenvalue weighted by molar-refractivity contribution is 7.09. The van der Waals surface area contributed by atoms with E-state index in [1.54, 1.807) is 11.3 Å². The highest BCUT2D eigenvalue weighted by Crippen LogP contribution is 2.12. The number of hydrogen-bond donors (Lipinski definition) is 1. The second kappa shape index (κ2) is 6.26. The number of nitrogens with zero attached hydrogens (tertiary/aromatic N) is 3. The van der Waals surface area contributed by atoms with E-state index < -0.39 is 5.97 Å². The molecule has 0 atom stereocenters. The van der Waals surface area contributed by atoms with Crippen molar-refractivity contribution in [2.24, 2.45) is 0 Å². The van der Waals surface area contributed by atoms with Crippen LogP contribution in [0.25, 0.3) is 0 Å². The lowest BCUT2D eigenvalue weighted by Crippen LogP contribution is -2.46. The van der Waals surface area contributed by atoms with Crippen LogP contribution in [0.1, 0.15) is 17.1 Å². The average Bonchev–Trinajstić information content (AvgIpc) is 2.74. The fourth-order valence-corrected chi connectivity index (χ4v) is 2.74. The highest BCUT2D eigenvalue weighted by atomic mass is 32.1. The van der Waals surface area contributed by atoms with Crippen molar-refractivity contribution in [1.82, 2.24) is 14.8 Å². The second-order valence-corrected chi connectivity index (χ2v) is 5.68. The van der Waals surface area contributed by atoms with Crippen molar-refractivity contribution in [1.29, 1.82) is 0 Å². The monoisotopic (exact) mass is 269 g/mol. The standard InChI is InChI=1S/C12H19N3O2S/c1-10-13-11(9-18-10)8-15-6-4-14(5-7-15)3-2-12(16)17/h9H,2-8H2,1H3,(H,16,17). The van der Waals surface area contributed by atoms with Gasteiger partial charge in [-0.2, -0.15) is 0 Å².